The van der Waals surface area contributed by atoms with Crippen molar-refractivity contribution in [2.75, 3.05) is 5.32 Å². The van der Waals surface area contributed by atoms with E-state index >= 15 is 0 Å². The van der Waals surface area contributed by atoms with Crippen LogP contribution < -0.4 is 10.6 Å². The van der Waals surface area contributed by atoms with E-state index in [0.717, 1.165) is 17.7 Å². The second-order valence-corrected chi connectivity index (χ2v) is 5.35. The first-order valence-corrected chi connectivity index (χ1v) is 7.58. The van der Waals surface area contributed by atoms with Crippen LogP contribution in [-0.2, 0) is 6.54 Å². The third-order valence-corrected chi connectivity index (χ3v) is 3.46. The van der Waals surface area contributed by atoms with Crippen molar-refractivity contribution in [3.63, 3.8) is 0 Å². The lowest BCUT2D eigenvalue weighted by atomic mass is 10.2. The molecule has 1 aromatic heterocycles. The van der Waals surface area contributed by atoms with Gasteiger partial charge in [0.25, 0.3) is 5.91 Å². The molecule has 2 aromatic carbocycles. The first kappa shape index (κ1) is 17.4. The van der Waals surface area contributed by atoms with E-state index in [2.05, 4.69) is 20.6 Å². The number of hydrogen-bond donors (Lipinski definition) is 2. The molecule has 1 heterocycles. The molecule has 8 heteroatoms. The fourth-order valence-corrected chi connectivity index (χ4v) is 2.15. The molecule has 5 nitrogen and oxygen atoms in total. The van der Waals surface area contributed by atoms with Crippen LogP contribution in [0.25, 0.3) is 0 Å². The molecule has 0 saturated carbocycles. The lowest BCUT2D eigenvalue weighted by Crippen LogP contribution is -2.24. The van der Waals surface area contributed by atoms with Crippen molar-refractivity contribution in [1.82, 2.24) is 15.3 Å². The Hall–Kier alpha value is -3.42. The maximum absolute atomic E-state index is 13.2. The SMILES string of the molecule is O=C(NCc1ccc(F)cc1)c1cc(Nc2ccc(F)c(F)c2)ncn1. The van der Waals surface area contributed by atoms with Crippen molar-refractivity contribution >= 4 is 17.4 Å². The number of carbonyl (C=O) groups is 1. The molecule has 3 rings (SSSR count). The highest BCUT2D eigenvalue weighted by Gasteiger charge is 2.10. The highest BCUT2D eigenvalue weighted by molar-refractivity contribution is 5.92. The molecule has 0 unspecified atom stereocenters. The smallest absolute Gasteiger partial charge is 0.270 e. The number of amides is 1. The standard InChI is InChI=1S/C18H13F3N4O/c19-12-3-1-11(2-4-12)9-22-18(26)16-8-17(24-10-23-16)25-13-5-6-14(20)15(21)7-13/h1-8,10H,9H2,(H,22,26)(H,23,24,25). The number of nitrogens with zero attached hydrogens (tertiary/aromatic N) is 2. The maximum Gasteiger partial charge on any atom is 0.270 e. The number of halogens is 3. The largest absolute Gasteiger partial charge is 0.347 e. The zero-order valence-corrected chi connectivity index (χ0v) is 13.3. The number of hydrogen-bond acceptors (Lipinski definition) is 4. The van der Waals surface area contributed by atoms with Crippen LogP contribution in [0.3, 0.4) is 0 Å². The molecule has 1 amide bonds. The minimum Gasteiger partial charge on any atom is -0.347 e. The van der Waals surface area contributed by atoms with E-state index < -0.39 is 17.5 Å². The Labute approximate surface area is 146 Å². The summed E-state index contributed by atoms with van der Waals surface area (Å²) in [7, 11) is 0. The number of nitrogens with one attached hydrogen (secondary N) is 2. The minimum absolute atomic E-state index is 0.0900. The van der Waals surface area contributed by atoms with Gasteiger partial charge in [-0.1, -0.05) is 12.1 Å². The van der Waals surface area contributed by atoms with E-state index in [1.807, 2.05) is 0 Å². The van der Waals surface area contributed by atoms with E-state index in [-0.39, 0.29) is 29.6 Å². The third kappa shape index (κ3) is 4.35. The van der Waals surface area contributed by atoms with Gasteiger partial charge in [-0.15, -0.1) is 0 Å². The zero-order valence-electron chi connectivity index (χ0n) is 13.3. The van der Waals surface area contributed by atoms with Gasteiger partial charge in [-0.2, -0.15) is 0 Å². The van der Waals surface area contributed by atoms with E-state index in [0.29, 0.717) is 0 Å². The average molecular weight is 358 g/mol. The van der Waals surface area contributed by atoms with Gasteiger partial charge in [0, 0.05) is 24.4 Å². The summed E-state index contributed by atoms with van der Waals surface area (Å²) < 4.78 is 39.1. The van der Waals surface area contributed by atoms with Gasteiger partial charge >= 0.3 is 0 Å². The molecule has 0 aliphatic rings. The second kappa shape index (κ2) is 7.64. The topological polar surface area (TPSA) is 66.9 Å². The van der Waals surface area contributed by atoms with Crippen molar-refractivity contribution in [2.24, 2.45) is 0 Å². The summed E-state index contributed by atoms with van der Waals surface area (Å²) in [6.45, 7) is 0.203. The van der Waals surface area contributed by atoms with Crippen LogP contribution in [0, 0.1) is 17.5 Å². The fourth-order valence-electron chi connectivity index (χ4n) is 2.15. The molecular formula is C18H13F3N4O. The maximum atomic E-state index is 13.2. The molecule has 0 atom stereocenters. The molecule has 0 aliphatic carbocycles. The summed E-state index contributed by atoms with van der Waals surface area (Å²) in [5, 5.41) is 5.42. The van der Waals surface area contributed by atoms with Gasteiger partial charge < -0.3 is 10.6 Å². The highest BCUT2D eigenvalue weighted by atomic mass is 19.2. The number of rotatable bonds is 5. The van der Waals surface area contributed by atoms with Gasteiger partial charge in [-0.3, -0.25) is 4.79 Å². The summed E-state index contributed by atoms with van der Waals surface area (Å²) in [5.74, 6) is -2.52. The molecule has 26 heavy (non-hydrogen) atoms. The van der Waals surface area contributed by atoms with Crippen LogP contribution in [0.4, 0.5) is 24.7 Å². The highest BCUT2D eigenvalue weighted by Crippen LogP contribution is 2.17. The van der Waals surface area contributed by atoms with Gasteiger partial charge in [-0.25, -0.2) is 23.1 Å². The van der Waals surface area contributed by atoms with E-state index in [9.17, 15) is 18.0 Å². The first-order valence-electron chi connectivity index (χ1n) is 7.58. The van der Waals surface area contributed by atoms with Crippen LogP contribution in [0.2, 0.25) is 0 Å². The van der Waals surface area contributed by atoms with Crippen molar-refractivity contribution in [3.8, 4) is 0 Å². The quantitative estimate of drug-likeness (QED) is 0.732. The van der Waals surface area contributed by atoms with E-state index in [1.165, 1.54) is 30.6 Å². The number of benzene rings is 2. The Morgan fingerprint density at radius 2 is 1.69 bits per heavy atom. The van der Waals surface area contributed by atoms with Crippen LogP contribution >= 0.6 is 0 Å². The predicted octanol–water partition coefficient (Wildman–Crippen LogP) is 3.57. The van der Waals surface area contributed by atoms with Crippen LogP contribution in [0.1, 0.15) is 16.1 Å². The summed E-state index contributed by atoms with van der Waals surface area (Å²) in [6, 6.07) is 10.4. The zero-order chi connectivity index (χ0) is 18.5. The fraction of sp³-hybridized carbons (Fsp3) is 0.0556. The second-order valence-electron chi connectivity index (χ2n) is 5.35. The Morgan fingerprint density at radius 3 is 2.42 bits per heavy atom. The lowest BCUT2D eigenvalue weighted by Gasteiger charge is -2.08. The predicted molar refractivity (Wildman–Crippen MR) is 89.2 cm³/mol. The van der Waals surface area contributed by atoms with E-state index in [1.54, 1.807) is 12.1 Å². The Bertz CT molecular complexity index is 932. The van der Waals surface area contributed by atoms with Crippen molar-refractivity contribution < 1.29 is 18.0 Å². The summed E-state index contributed by atoms with van der Waals surface area (Å²) in [4.78, 5) is 20.0. The van der Waals surface area contributed by atoms with Gasteiger partial charge in [0.2, 0.25) is 0 Å². The Kier molecular flexibility index (Phi) is 5.12. The third-order valence-electron chi connectivity index (χ3n) is 3.46. The van der Waals surface area contributed by atoms with Gasteiger partial charge in [-0.05, 0) is 29.8 Å². The Balaban J connectivity index is 1.66. The summed E-state index contributed by atoms with van der Waals surface area (Å²) >= 11 is 0. The number of carbonyl (C=O) groups excluding carboxylic acids is 1. The molecule has 0 radical (unpaired) electrons. The molecule has 132 valence electrons. The average Bonchev–Trinajstić information content (AvgIpc) is 2.64. The molecular weight excluding hydrogens is 345 g/mol. The first-order chi connectivity index (χ1) is 12.5. The molecule has 0 spiro atoms. The minimum atomic E-state index is -0.999. The van der Waals surface area contributed by atoms with Crippen LogP contribution in [-0.4, -0.2) is 15.9 Å². The lowest BCUT2D eigenvalue weighted by molar-refractivity contribution is 0.0946. The molecule has 0 bridgehead atoms. The molecule has 0 fully saturated rings. The van der Waals surface area contributed by atoms with Crippen molar-refractivity contribution in [1.29, 1.82) is 0 Å². The summed E-state index contributed by atoms with van der Waals surface area (Å²) in [6.07, 6.45) is 1.18. The van der Waals surface area contributed by atoms with E-state index in [4.69, 9.17) is 0 Å². The molecule has 2 N–H and O–H groups in total. The number of anilines is 2. The summed E-state index contributed by atoms with van der Waals surface area (Å²) in [5.41, 5.74) is 1.10. The van der Waals surface area contributed by atoms with Gasteiger partial charge in [0.15, 0.2) is 11.6 Å². The monoisotopic (exact) mass is 358 g/mol. The van der Waals surface area contributed by atoms with Crippen LogP contribution in [0.5, 0.6) is 0 Å². The van der Waals surface area contributed by atoms with Crippen molar-refractivity contribution in [3.05, 3.63) is 83.6 Å². The molecule has 0 aliphatic heterocycles. The van der Waals surface area contributed by atoms with Crippen molar-refractivity contribution in [2.45, 2.75) is 6.54 Å². The molecule has 3 aromatic rings. The van der Waals surface area contributed by atoms with Crippen LogP contribution in [0.15, 0.2) is 54.9 Å². The van der Waals surface area contributed by atoms with Gasteiger partial charge in [0.05, 0.1) is 0 Å². The normalized spacial score (nSPS) is 10.4. The number of aromatic nitrogens is 2. The van der Waals surface area contributed by atoms with Gasteiger partial charge in [0.1, 0.15) is 23.7 Å². The molecule has 0 saturated heterocycles. The Morgan fingerprint density at radius 1 is 0.923 bits per heavy atom.